The molecule has 3 N–H and O–H groups in total. The summed E-state index contributed by atoms with van der Waals surface area (Å²) in [6.45, 7) is 3.70. The molecule has 0 bridgehead atoms. The summed E-state index contributed by atoms with van der Waals surface area (Å²) in [6.07, 6.45) is 14.5. The van der Waals surface area contributed by atoms with Crippen molar-refractivity contribution in [1.29, 1.82) is 0 Å². The Balaban J connectivity index is 1.89. The average molecular weight is 475 g/mol. The number of thioether (sulfide) groups is 1. The summed E-state index contributed by atoms with van der Waals surface area (Å²) >= 11 is 1.69. The van der Waals surface area contributed by atoms with Crippen molar-refractivity contribution in [2.24, 2.45) is 17.3 Å². The van der Waals surface area contributed by atoms with Crippen LogP contribution in [0.25, 0.3) is 0 Å². The molecule has 0 radical (unpaired) electrons. The molecule has 5 unspecified atom stereocenters. The van der Waals surface area contributed by atoms with Crippen LogP contribution in [0.3, 0.4) is 0 Å². The highest BCUT2D eigenvalue weighted by Gasteiger charge is 2.42. The maximum absolute atomic E-state index is 12.7. The number of aliphatic hydroxyl groups is 2. The number of carbonyl (C=O) groups excluding carboxylic acids is 1. The second kappa shape index (κ2) is 12.9. The molecule has 0 aromatic heterocycles. The Kier molecular flexibility index (Phi) is 11.3. The molecule has 2 rings (SSSR count). The lowest BCUT2D eigenvalue weighted by Crippen LogP contribution is -2.40. The Morgan fingerprint density at radius 2 is 1.97 bits per heavy atom. The van der Waals surface area contributed by atoms with Gasteiger partial charge in [0.2, 0.25) is 0 Å². The minimum Gasteiger partial charge on any atom is -0.396 e. The van der Waals surface area contributed by atoms with E-state index in [0.717, 1.165) is 51.4 Å². The molecule has 2 aliphatic rings. The zero-order valence-corrected chi connectivity index (χ0v) is 21.1. The van der Waals surface area contributed by atoms with Crippen molar-refractivity contribution in [3.63, 3.8) is 0 Å². The molecular weight excluding hydrogens is 431 g/mol. The molecule has 0 saturated heterocycles. The summed E-state index contributed by atoms with van der Waals surface area (Å²) in [5.74, 6) is 1.16. The third-order valence-electron chi connectivity index (χ3n) is 7.45. The van der Waals surface area contributed by atoms with Gasteiger partial charge in [0.15, 0.2) is 7.37 Å². The van der Waals surface area contributed by atoms with Crippen LogP contribution in [0.1, 0.15) is 77.6 Å². The van der Waals surface area contributed by atoms with Crippen molar-refractivity contribution in [2.75, 3.05) is 25.2 Å². The first-order valence-electron chi connectivity index (χ1n) is 12.1. The van der Waals surface area contributed by atoms with Gasteiger partial charge in [-0.15, -0.1) is 0 Å². The molecule has 5 nitrogen and oxygen atoms in total. The highest BCUT2D eigenvalue weighted by molar-refractivity contribution is 8.00. The molecule has 0 spiro atoms. The maximum atomic E-state index is 12.7. The molecule has 0 heterocycles. The smallest absolute Gasteiger partial charge is 0.197 e. The van der Waals surface area contributed by atoms with E-state index in [-0.39, 0.29) is 35.2 Å². The normalized spacial score (nSPS) is 28.5. The molecule has 0 aromatic carbocycles. The van der Waals surface area contributed by atoms with E-state index in [1.807, 2.05) is 0 Å². The molecule has 2 fully saturated rings. The Morgan fingerprint density at radius 3 is 2.55 bits per heavy atom. The van der Waals surface area contributed by atoms with E-state index < -0.39 is 7.37 Å². The van der Waals surface area contributed by atoms with E-state index in [4.69, 9.17) is 0 Å². The molecule has 0 aliphatic heterocycles. The molecule has 2 saturated carbocycles. The van der Waals surface area contributed by atoms with Gasteiger partial charge in [-0.1, -0.05) is 44.8 Å². The molecule has 31 heavy (non-hydrogen) atoms. The predicted molar refractivity (Wildman–Crippen MR) is 130 cm³/mol. The number of Topliss-reactive ketones (excluding diaryl/α,β-unsaturated/α-hetero) is 1. The Bertz CT molecular complexity index is 622. The monoisotopic (exact) mass is 474 g/mol. The molecule has 0 amide bonds. The Labute approximate surface area is 192 Å². The fourth-order valence-corrected chi connectivity index (χ4v) is 7.24. The summed E-state index contributed by atoms with van der Waals surface area (Å²) in [5, 5.41) is 20.1. The SMILES string of the molecule is CCC1(C(O)C/C=C/C2C(SCCO)CC(=O)C2CCCCCCP(C)(=O)O)CCC1. The van der Waals surface area contributed by atoms with Crippen molar-refractivity contribution >= 4 is 24.9 Å². The van der Waals surface area contributed by atoms with E-state index in [1.165, 1.54) is 13.1 Å². The van der Waals surface area contributed by atoms with E-state index in [0.29, 0.717) is 30.5 Å². The number of allylic oxidation sites excluding steroid dienone is 1. The van der Waals surface area contributed by atoms with Crippen LogP contribution in [0.2, 0.25) is 0 Å². The largest absolute Gasteiger partial charge is 0.396 e. The van der Waals surface area contributed by atoms with Crippen molar-refractivity contribution in [2.45, 2.75) is 88.9 Å². The third kappa shape index (κ3) is 8.30. The number of hydrogen-bond acceptors (Lipinski definition) is 5. The van der Waals surface area contributed by atoms with Crippen LogP contribution >= 0.6 is 19.1 Å². The van der Waals surface area contributed by atoms with Gasteiger partial charge in [-0.25, -0.2) is 0 Å². The van der Waals surface area contributed by atoms with Gasteiger partial charge in [0.05, 0.1) is 12.7 Å². The van der Waals surface area contributed by atoms with Gasteiger partial charge >= 0.3 is 0 Å². The van der Waals surface area contributed by atoms with E-state index in [1.54, 1.807) is 11.8 Å². The molecule has 180 valence electrons. The lowest BCUT2D eigenvalue weighted by atomic mass is 9.63. The van der Waals surface area contributed by atoms with Gasteiger partial charge in [-0.3, -0.25) is 9.36 Å². The van der Waals surface area contributed by atoms with Crippen LogP contribution in [0.4, 0.5) is 0 Å². The van der Waals surface area contributed by atoms with Crippen LogP contribution in [-0.2, 0) is 9.36 Å². The number of aliphatic hydroxyl groups excluding tert-OH is 2. The fraction of sp³-hybridized carbons (Fsp3) is 0.875. The Morgan fingerprint density at radius 1 is 1.26 bits per heavy atom. The van der Waals surface area contributed by atoms with Gasteiger partial charge in [0.25, 0.3) is 0 Å². The molecule has 0 aromatic rings. The van der Waals surface area contributed by atoms with Crippen LogP contribution in [-0.4, -0.2) is 57.4 Å². The third-order valence-corrected chi connectivity index (χ3v) is 9.92. The number of rotatable bonds is 15. The molecular formula is C24H43O5PS. The highest BCUT2D eigenvalue weighted by atomic mass is 32.2. The van der Waals surface area contributed by atoms with Crippen molar-refractivity contribution in [3.8, 4) is 0 Å². The topological polar surface area (TPSA) is 94.8 Å². The molecule has 5 atom stereocenters. The minimum absolute atomic E-state index is 0.0172. The maximum Gasteiger partial charge on any atom is 0.197 e. The van der Waals surface area contributed by atoms with Gasteiger partial charge in [-0.2, -0.15) is 11.8 Å². The summed E-state index contributed by atoms with van der Waals surface area (Å²) in [6, 6.07) is 0. The van der Waals surface area contributed by atoms with Crippen molar-refractivity contribution in [3.05, 3.63) is 12.2 Å². The molecule has 2 aliphatic carbocycles. The van der Waals surface area contributed by atoms with Crippen LogP contribution in [0.15, 0.2) is 12.2 Å². The summed E-state index contributed by atoms with van der Waals surface area (Å²) in [7, 11) is -2.91. The van der Waals surface area contributed by atoms with Crippen LogP contribution in [0.5, 0.6) is 0 Å². The lowest BCUT2D eigenvalue weighted by molar-refractivity contribution is -0.121. The van der Waals surface area contributed by atoms with Gasteiger partial charge in [0.1, 0.15) is 5.78 Å². The Hall–Kier alpha value is -0.130. The number of unbranched alkanes of at least 4 members (excludes halogenated alkanes) is 3. The van der Waals surface area contributed by atoms with Crippen LogP contribution in [0, 0.1) is 17.3 Å². The summed E-state index contributed by atoms with van der Waals surface area (Å²) in [5.41, 5.74) is 0.0945. The van der Waals surface area contributed by atoms with E-state index >= 15 is 0 Å². The van der Waals surface area contributed by atoms with Gasteiger partial charge in [0, 0.05) is 36.2 Å². The van der Waals surface area contributed by atoms with Crippen LogP contribution < -0.4 is 0 Å². The predicted octanol–water partition coefficient (Wildman–Crippen LogP) is 5.02. The van der Waals surface area contributed by atoms with Gasteiger partial charge < -0.3 is 15.1 Å². The minimum atomic E-state index is -2.91. The zero-order chi connectivity index (χ0) is 22.9. The first kappa shape index (κ1) is 27.1. The van der Waals surface area contributed by atoms with E-state index in [2.05, 4.69) is 19.1 Å². The van der Waals surface area contributed by atoms with Gasteiger partial charge in [-0.05, 0) is 49.9 Å². The number of hydrogen-bond donors (Lipinski definition) is 3. The van der Waals surface area contributed by atoms with E-state index in [9.17, 15) is 24.5 Å². The standard InChI is InChI=1S/C24H43O5PS/c1-3-24(13-9-14-24)23(27)12-8-11-20-19(21(26)18-22(20)31-17-15-25)10-6-4-5-7-16-30(2,28)29/h8,11,19-20,22-23,25,27H,3-7,9-10,12-18H2,1-2H3,(H,28,29)/b11-8+. The average Bonchev–Trinajstić information content (AvgIpc) is 2.96. The summed E-state index contributed by atoms with van der Waals surface area (Å²) < 4.78 is 11.4. The second-order valence-corrected chi connectivity index (χ2v) is 13.6. The highest BCUT2D eigenvalue weighted by Crippen LogP contribution is 2.48. The zero-order valence-electron chi connectivity index (χ0n) is 19.4. The summed E-state index contributed by atoms with van der Waals surface area (Å²) in [4.78, 5) is 22.1. The first-order valence-corrected chi connectivity index (χ1v) is 15.5. The number of carbonyl (C=O) groups is 1. The van der Waals surface area contributed by atoms with Crippen molar-refractivity contribution in [1.82, 2.24) is 0 Å². The lowest BCUT2D eigenvalue weighted by Gasteiger charge is -2.45. The fourth-order valence-electron chi connectivity index (χ4n) is 5.24. The van der Waals surface area contributed by atoms with Crippen molar-refractivity contribution < 1.29 is 24.5 Å². The number of ketones is 1. The molecule has 7 heteroatoms. The first-order chi connectivity index (χ1) is 14.7. The quantitative estimate of drug-likeness (QED) is 0.175. The second-order valence-electron chi connectivity index (χ2n) is 9.71.